The number of hydroxylamine groups is 1. The van der Waals surface area contributed by atoms with E-state index >= 15 is 4.39 Å². The molecule has 1 saturated carbocycles. The summed E-state index contributed by atoms with van der Waals surface area (Å²) in [6.07, 6.45) is 1.60. The first kappa shape index (κ1) is 38.8. The van der Waals surface area contributed by atoms with Crippen LogP contribution < -0.4 is 16.1 Å². The summed E-state index contributed by atoms with van der Waals surface area (Å²) in [5, 5.41) is 49.4. The van der Waals surface area contributed by atoms with Crippen molar-refractivity contribution in [1.82, 2.24) is 15.3 Å². The van der Waals surface area contributed by atoms with Gasteiger partial charge in [0.05, 0.1) is 34.9 Å². The van der Waals surface area contributed by atoms with Crippen LogP contribution in [-0.2, 0) is 9.59 Å². The molecule has 16 heteroatoms. The molecule has 2 aromatic rings. The highest BCUT2D eigenvalue weighted by Gasteiger charge is 2.37. The highest BCUT2D eigenvalue weighted by molar-refractivity contribution is 6.42. The maximum Gasteiger partial charge on any atom is 0.253 e. The molecule has 2 saturated heterocycles. The van der Waals surface area contributed by atoms with E-state index in [1.807, 2.05) is 0 Å². The predicted molar refractivity (Wildman–Crippen MR) is 184 cm³/mol. The summed E-state index contributed by atoms with van der Waals surface area (Å²) in [6, 6.07) is 3.08. The van der Waals surface area contributed by atoms with E-state index in [0.717, 1.165) is 24.8 Å². The topological polar surface area (TPSA) is 189 Å². The molecule has 4 atom stereocenters. The lowest BCUT2D eigenvalue weighted by molar-refractivity contribution is -0.144. The van der Waals surface area contributed by atoms with Crippen molar-refractivity contribution in [2.45, 2.75) is 75.2 Å². The first-order valence-corrected chi connectivity index (χ1v) is 18.0. The molecule has 0 aromatic heterocycles. The molecule has 5 rings (SSSR count). The number of hydrogen-bond donors (Lipinski definition) is 7. The molecule has 3 fully saturated rings. The van der Waals surface area contributed by atoms with E-state index in [4.69, 9.17) is 50.5 Å². The molecule has 0 bridgehead atoms. The fourth-order valence-corrected chi connectivity index (χ4v) is 7.81. The number of aromatic hydroxyl groups is 1. The minimum atomic E-state index is -1.52. The summed E-state index contributed by atoms with van der Waals surface area (Å²) in [5.41, 5.74) is 10.9. The van der Waals surface area contributed by atoms with E-state index in [0.29, 0.717) is 36.3 Å². The van der Waals surface area contributed by atoms with Crippen molar-refractivity contribution < 1.29 is 44.3 Å². The Morgan fingerprint density at radius 3 is 1.92 bits per heavy atom. The number of carbonyl (C=O) groups is 2. The Kier molecular flexibility index (Phi) is 13.1. The Labute approximate surface area is 304 Å². The minimum absolute atomic E-state index is 0.00326. The Balaban J connectivity index is 1.41. The average molecular weight is 762 g/mol. The zero-order chi connectivity index (χ0) is 36.3. The number of likely N-dealkylation sites (tertiary alicyclic amines) is 2. The lowest BCUT2D eigenvalue weighted by atomic mass is 9.78. The SMILES string of the molecule is N[C@H](c1c(ON[C@@H](c2cc(Cl)c(C3CCC3)cc2O)C2CCN(C(=O)[C@H](O)CO)CC2)cc(Cl)c(Cl)c1F)C1CCN(C(=O)[C@H](O)CO)CC1. The number of phenols is 1. The van der Waals surface area contributed by atoms with Crippen LogP contribution in [0.15, 0.2) is 18.2 Å². The van der Waals surface area contributed by atoms with Crippen LogP contribution in [0.5, 0.6) is 11.5 Å². The number of piperidine rings is 2. The van der Waals surface area contributed by atoms with Gasteiger partial charge in [0.15, 0.2) is 23.8 Å². The van der Waals surface area contributed by atoms with Gasteiger partial charge in [-0.25, -0.2) is 4.39 Å². The summed E-state index contributed by atoms with van der Waals surface area (Å²) in [4.78, 5) is 33.9. The number of carbonyl (C=O) groups excluding carboxylic acids is 2. The highest BCUT2D eigenvalue weighted by atomic mass is 35.5. The first-order chi connectivity index (χ1) is 23.9. The van der Waals surface area contributed by atoms with E-state index in [2.05, 4.69) is 5.48 Å². The number of rotatable bonds is 12. The van der Waals surface area contributed by atoms with Gasteiger partial charge < -0.3 is 45.9 Å². The number of nitrogens with one attached hydrogen (secondary N) is 1. The third-order valence-electron chi connectivity index (χ3n) is 10.4. The van der Waals surface area contributed by atoms with Crippen molar-refractivity contribution in [3.05, 3.63) is 55.8 Å². The maximum atomic E-state index is 15.9. The van der Waals surface area contributed by atoms with Crippen LogP contribution in [-0.4, -0.2) is 98.7 Å². The number of amides is 2. The summed E-state index contributed by atoms with van der Waals surface area (Å²) < 4.78 is 15.9. The van der Waals surface area contributed by atoms with E-state index in [9.17, 15) is 30.0 Å². The zero-order valence-corrected chi connectivity index (χ0v) is 29.7. The van der Waals surface area contributed by atoms with Crippen molar-refractivity contribution >= 4 is 46.6 Å². The molecule has 2 aliphatic heterocycles. The first-order valence-electron chi connectivity index (χ1n) is 16.9. The monoisotopic (exact) mass is 760 g/mol. The Morgan fingerprint density at radius 2 is 1.42 bits per heavy atom. The number of aliphatic hydroxyl groups excluding tert-OH is 4. The summed E-state index contributed by atoms with van der Waals surface area (Å²) in [6.45, 7) is -0.378. The van der Waals surface area contributed by atoms with Gasteiger partial charge in [-0.15, -0.1) is 5.48 Å². The van der Waals surface area contributed by atoms with Gasteiger partial charge in [-0.3, -0.25) is 9.59 Å². The fourth-order valence-electron chi connectivity index (χ4n) is 7.14. The van der Waals surface area contributed by atoms with Crippen LogP contribution in [0.2, 0.25) is 15.1 Å². The van der Waals surface area contributed by atoms with Crippen LogP contribution in [0.4, 0.5) is 4.39 Å². The molecular formula is C34H44Cl3FN4O8. The molecule has 2 aromatic carbocycles. The smallest absolute Gasteiger partial charge is 0.253 e. The Morgan fingerprint density at radius 1 is 0.880 bits per heavy atom. The molecule has 8 N–H and O–H groups in total. The largest absolute Gasteiger partial charge is 0.508 e. The van der Waals surface area contributed by atoms with Crippen molar-refractivity contribution in [3.8, 4) is 11.5 Å². The van der Waals surface area contributed by atoms with Crippen LogP contribution in [0.25, 0.3) is 0 Å². The van der Waals surface area contributed by atoms with Crippen molar-refractivity contribution in [2.75, 3.05) is 39.4 Å². The number of nitrogens with zero attached hydrogens (tertiary/aromatic N) is 2. The van der Waals surface area contributed by atoms with Gasteiger partial charge in [-0.1, -0.05) is 41.2 Å². The molecule has 0 unspecified atom stereocenters. The molecule has 12 nitrogen and oxygen atoms in total. The van der Waals surface area contributed by atoms with Crippen LogP contribution >= 0.6 is 34.8 Å². The number of halogens is 4. The van der Waals surface area contributed by atoms with Crippen LogP contribution in [0, 0.1) is 17.7 Å². The molecule has 2 amide bonds. The lowest BCUT2D eigenvalue weighted by Gasteiger charge is -2.38. The second kappa shape index (κ2) is 16.9. The molecule has 2 heterocycles. The van der Waals surface area contributed by atoms with Crippen LogP contribution in [0.1, 0.15) is 79.6 Å². The molecular weight excluding hydrogens is 718 g/mol. The van der Waals surface area contributed by atoms with Gasteiger partial charge in [0.2, 0.25) is 0 Å². The number of hydrogen-bond acceptors (Lipinski definition) is 10. The molecule has 1 aliphatic carbocycles. The third kappa shape index (κ3) is 8.27. The van der Waals surface area contributed by atoms with Gasteiger partial charge >= 0.3 is 0 Å². The van der Waals surface area contributed by atoms with Crippen LogP contribution in [0.3, 0.4) is 0 Å². The van der Waals surface area contributed by atoms with E-state index in [-0.39, 0.29) is 71.0 Å². The maximum absolute atomic E-state index is 15.9. The second-order valence-corrected chi connectivity index (χ2v) is 14.6. The molecule has 276 valence electrons. The fraction of sp³-hybridized carbons (Fsp3) is 0.588. The molecule has 3 aliphatic rings. The lowest BCUT2D eigenvalue weighted by Crippen LogP contribution is -2.47. The van der Waals surface area contributed by atoms with Gasteiger partial charge in [0, 0.05) is 48.9 Å². The summed E-state index contributed by atoms with van der Waals surface area (Å²) in [5.74, 6) is -2.36. The van der Waals surface area contributed by atoms with Crippen molar-refractivity contribution in [1.29, 1.82) is 0 Å². The van der Waals surface area contributed by atoms with Gasteiger partial charge in [0.25, 0.3) is 11.8 Å². The number of benzene rings is 2. The zero-order valence-electron chi connectivity index (χ0n) is 27.4. The standard InChI is InChI=1S/C34H44Cl3FN4O8/c35-22-12-21(24(45)13-20(22)17-2-1-3-17)32(19-6-10-42(11-7-19)34(49)26(47)16-44)40-50-27-14-23(36)29(37)30(38)28(27)31(39)18-4-8-41(9-5-18)33(48)25(46)15-43/h12-14,17-19,25-26,31-32,40,43-47H,1-11,15-16,39H2/t25-,26-,31+,32-/m1/s1. The van der Waals surface area contributed by atoms with Crippen molar-refractivity contribution in [3.63, 3.8) is 0 Å². The second-order valence-electron chi connectivity index (χ2n) is 13.4. The number of nitrogens with two attached hydrogens (primary N) is 1. The number of phenolic OH excluding ortho intramolecular Hbond substituents is 1. The van der Waals surface area contributed by atoms with E-state index in [1.165, 1.54) is 15.9 Å². The molecule has 50 heavy (non-hydrogen) atoms. The van der Waals surface area contributed by atoms with E-state index < -0.39 is 55.1 Å². The summed E-state index contributed by atoms with van der Waals surface area (Å²) >= 11 is 19.3. The normalized spacial score (nSPS) is 20.3. The predicted octanol–water partition coefficient (Wildman–Crippen LogP) is 3.57. The van der Waals surface area contributed by atoms with Gasteiger partial charge in [-0.2, -0.15) is 0 Å². The summed E-state index contributed by atoms with van der Waals surface area (Å²) in [7, 11) is 0. The number of aliphatic hydroxyl groups is 4. The Bertz CT molecular complexity index is 1540. The Hall–Kier alpha value is -2.46. The van der Waals surface area contributed by atoms with Gasteiger partial charge in [-0.05, 0) is 74.0 Å². The van der Waals surface area contributed by atoms with Crippen molar-refractivity contribution in [2.24, 2.45) is 17.6 Å². The third-order valence-corrected chi connectivity index (χ3v) is 11.5. The molecule has 0 spiro atoms. The quantitative estimate of drug-likeness (QED) is 0.125. The average Bonchev–Trinajstić information content (AvgIpc) is 3.10. The minimum Gasteiger partial charge on any atom is -0.508 e. The van der Waals surface area contributed by atoms with E-state index in [1.54, 1.807) is 12.1 Å². The van der Waals surface area contributed by atoms with Gasteiger partial charge in [0.1, 0.15) is 5.75 Å². The highest BCUT2D eigenvalue weighted by Crippen LogP contribution is 2.46. The molecule has 0 radical (unpaired) electrons.